The van der Waals surface area contributed by atoms with Crippen molar-refractivity contribution >= 4 is 5.91 Å². The number of carbonyl (C=O) groups is 1. The number of rotatable bonds is 6. The number of nitrogens with two attached hydrogens (primary N) is 1. The van der Waals surface area contributed by atoms with E-state index in [4.69, 9.17) is 5.73 Å². The highest BCUT2D eigenvalue weighted by molar-refractivity contribution is 5.81. The molecule has 1 unspecified atom stereocenters. The first-order valence-electron chi connectivity index (χ1n) is 6.67. The highest BCUT2D eigenvalue weighted by atomic mass is 16.2. The third kappa shape index (κ3) is 4.15. The zero-order valence-electron chi connectivity index (χ0n) is 11.5. The van der Waals surface area contributed by atoms with Crippen molar-refractivity contribution in [1.29, 1.82) is 0 Å². The minimum atomic E-state index is -0.403. The maximum Gasteiger partial charge on any atom is 0.237 e. The first kappa shape index (κ1) is 14.7. The minimum absolute atomic E-state index is 0.0293. The van der Waals surface area contributed by atoms with Gasteiger partial charge in [-0.15, -0.1) is 0 Å². The average molecular weight is 248 g/mol. The Labute approximate surface area is 110 Å². The lowest BCUT2D eigenvalue weighted by Gasteiger charge is -2.24. The fourth-order valence-electron chi connectivity index (χ4n) is 2.00. The molecule has 3 heteroatoms. The molecule has 2 atom stereocenters. The SMILES string of the molecule is CCC[C@@H](N)C(=O)NC(c1ccccc1)C(C)C. The summed E-state index contributed by atoms with van der Waals surface area (Å²) in [4.78, 5) is 12.0. The van der Waals surface area contributed by atoms with Crippen molar-refractivity contribution in [2.45, 2.75) is 45.7 Å². The minimum Gasteiger partial charge on any atom is -0.348 e. The van der Waals surface area contributed by atoms with Crippen molar-refractivity contribution in [1.82, 2.24) is 5.32 Å². The topological polar surface area (TPSA) is 55.1 Å². The quantitative estimate of drug-likeness (QED) is 0.813. The average Bonchev–Trinajstić information content (AvgIpc) is 2.36. The summed E-state index contributed by atoms with van der Waals surface area (Å²) in [5.41, 5.74) is 6.97. The molecule has 18 heavy (non-hydrogen) atoms. The molecule has 0 heterocycles. The summed E-state index contributed by atoms with van der Waals surface area (Å²) in [5.74, 6) is 0.282. The van der Waals surface area contributed by atoms with Crippen LogP contribution in [0, 0.1) is 5.92 Å². The van der Waals surface area contributed by atoms with E-state index < -0.39 is 6.04 Å². The van der Waals surface area contributed by atoms with Crippen LogP contribution in [0.4, 0.5) is 0 Å². The number of amides is 1. The van der Waals surface area contributed by atoms with Crippen molar-refractivity contribution in [3.63, 3.8) is 0 Å². The van der Waals surface area contributed by atoms with Crippen LogP contribution in [0.5, 0.6) is 0 Å². The summed E-state index contributed by atoms with van der Waals surface area (Å²) in [5, 5.41) is 3.05. The second-order valence-electron chi connectivity index (χ2n) is 5.04. The van der Waals surface area contributed by atoms with E-state index in [1.807, 2.05) is 37.3 Å². The molecular weight excluding hydrogens is 224 g/mol. The van der Waals surface area contributed by atoms with Gasteiger partial charge < -0.3 is 11.1 Å². The molecule has 0 spiro atoms. The van der Waals surface area contributed by atoms with Crippen LogP contribution < -0.4 is 11.1 Å². The fraction of sp³-hybridized carbons (Fsp3) is 0.533. The van der Waals surface area contributed by atoms with Crippen molar-refractivity contribution in [3.8, 4) is 0 Å². The molecule has 0 saturated carbocycles. The summed E-state index contributed by atoms with van der Waals surface area (Å²) in [6, 6.07) is 9.66. The molecule has 1 aromatic rings. The summed E-state index contributed by atoms with van der Waals surface area (Å²) in [6.07, 6.45) is 1.65. The Balaban J connectivity index is 2.73. The molecule has 0 bridgehead atoms. The van der Waals surface area contributed by atoms with Crippen LogP contribution in [0.3, 0.4) is 0 Å². The van der Waals surface area contributed by atoms with Crippen LogP contribution in [0.2, 0.25) is 0 Å². The predicted molar refractivity (Wildman–Crippen MR) is 75.0 cm³/mol. The third-order valence-electron chi connectivity index (χ3n) is 3.06. The maximum atomic E-state index is 12.0. The lowest BCUT2D eigenvalue weighted by molar-refractivity contribution is -0.123. The fourth-order valence-corrected chi connectivity index (χ4v) is 2.00. The zero-order valence-corrected chi connectivity index (χ0v) is 11.5. The van der Waals surface area contributed by atoms with Gasteiger partial charge in [-0.05, 0) is 17.9 Å². The molecule has 0 fully saturated rings. The predicted octanol–water partition coefficient (Wildman–Crippen LogP) is 2.63. The zero-order chi connectivity index (χ0) is 13.5. The summed E-state index contributed by atoms with van der Waals surface area (Å²) < 4.78 is 0. The highest BCUT2D eigenvalue weighted by Crippen LogP contribution is 2.21. The smallest absolute Gasteiger partial charge is 0.237 e. The van der Waals surface area contributed by atoms with E-state index in [2.05, 4.69) is 19.2 Å². The molecule has 1 rings (SSSR count). The van der Waals surface area contributed by atoms with E-state index >= 15 is 0 Å². The van der Waals surface area contributed by atoms with Crippen molar-refractivity contribution < 1.29 is 4.79 Å². The summed E-state index contributed by atoms with van der Waals surface area (Å²) in [7, 11) is 0. The number of carbonyl (C=O) groups excluding carboxylic acids is 1. The summed E-state index contributed by atoms with van der Waals surface area (Å²) in [6.45, 7) is 6.23. The Morgan fingerprint density at radius 2 is 1.89 bits per heavy atom. The van der Waals surface area contributed by atoms with Crippen molar-refractivity contribution in [3.05, 3.63) is 35.9 Å². The van der Waals surface area contributed by atoms with Gasteiger partial charge in [0, 0.05) is 0 Å². The van der Waals surface area contributed by atoms with Gasteiger partial charge in [0.15, 0.2) is 0 Å². The van der Waals surface area contributed by atoms with Gasteiger partial charge in [0.25, 0.3) is 0 Å². The third-order valence-corrected chi connectivity index (χ3v) is 3.06. The van der Waals surface area contributed by atoms with Crippen LogP contribution in [0.25, 0.3) is 0 Å². The second kappa shape index (κ2) is 7.17. The van der Waals surface area contributed by atoms with Crippen LogP contribution in [-0.2, 0) is 4.79 Å². The monoisotopic (exact) mass is 248 g/mol. The van der Waals surface area contributed by atoms with Crippen molar-refractivity contribution in [2.75, 3.05) is 0 Å². The van der Waals surface area contributed by atoms with E-state index in [1.54, 1.807) is 0 Å². The lowest BCUT2D eigenvalue weighted by Crippen LogP contribution is -2.43. The van der Waals surface area contributed by atoms with Crippen LogP contribution in [-0.4, -0.2) is 11.9 Å². The lowest BCUT2D eigenvalue weighted by atomic mass is 9.95. The Bertz CT molecular complexity index is 362. The maximum absolute atomic E-state index is 12.0. The Hall–Kier alpha value is -1.35. The number of nitrogens with one attached hydrogen (secondary N) is 1. The standard InChI is InChI=1S/C15H24N2O/c1-4-8-13(16)15(18)17-14(11(2)3)12-9-6-5-7-10-12/h5-7,9-11,13-14H,4,8,16H2,1-3H3,(H,17,18)/t13-,14?/m1/s1. The number of hydrogen-bond acceptors (Lipinski definition) is 2. The molecule has 0 aliphatic carbocycles. The van der Waals surface area contributed by atoms with Gasteiger partial charge in [0.05, 0.1) is 12.1 Å². The highest BCUT2D eigenvalue weighted by Gasteiger charge is 2.21. The molecule has 3 nitrogen and oxygen atoms in total. The van der Waals surface area contributed by atoms with E-state index in [0.29, 0.717) is 5.92 Å². The van der Waals surface area contributed by atoms with E-state index in [1.165, 1.54) is 0 Å². The molecule has 0 radical (unpaired) electrons. The molecule has 0 aromatic heterocycles. The van der Waals surface area contributed by atoms with Gasteiger partial charge in [0.1, 0.15) is 0 Å². The van der Waals surface area contributed by atoms with Crippen LogP contribution >= 0.6 is 0 Å². The first-order valence-corrected chi connectivity index (χ1v) is 6.67. The summed E-state index contributed by atoms with van der Waals surface area (Å²) >= 11 is 0. The van der Waals surface area contributed by atoms with Gasteiger partial charge >= 0.3 is 0 Å². The Morgan fingerprint density at radius 3 is 2.39 bits per heavy atom. The number of hydrogen-bond donors (Lipinski definition) is 2. The molecule has 0 saturated heterocycles. The van der Waals surface area contributed by atoms with Gasteiger partial charge in [0.2, 0.25) is 5.91 Å². The largest absolute Gasteiger partial charge is 0.348 e. The molecule has 0 aliphatic rings. The molecule has 0 aliphatic heterocycles. The van der Waals surface area contributed by atoms with Crippen LogP contribution in [0.1, 0.15) is 45.2 Å². The molecule has 1 amide bonds. The first-order chi connectivity index (χ1) is 8.56. The number of benzene rings is 1. The Morgan fingerprint density at radius 1 is 1.28 bits per heavy atom. The molecular formula is C15H24N2O. The molecule has 3 N–H and O–H groups in total. The van der Waals surface area contributed by atoms with E-state index in [-0.39, 0.29) is 11.9 Å². The Kier molecular flexibility index (Phi) is 5.86. The van der Waals surface area contributed by atoms with Gasteiger partial charge in [-0.3, -0.25) is 4.79 Å². The molecule has 100 valence electrons. The normalized spacial score (nSPS) is 14.3. The molecule has 1 aromatic carbocycles. The van der Waals surface area contributed by atoms with Gasteiger partial charge in [-0.2, -0.15) is 0 Å². The second-order valence-corrected chi connectivity index (χ2v) is 5.04. The van der Waals surface area contributed by atoms with E-state index in [9.17, 15) is 4.79 Å². The van der Waals surface area contributed by atoms with E-state index in [0.717, 1.165) is 18.4 Å². The van der Waals surface area contributed by atoms with Crippen molar-refractivity contribution in [2.24, 2.45) is 11.7 Å². The van der Waals surface area contributed by atoms with Gasteiger partial charge in [-0.1, -0.05) is 57.5 Å². The van der Waals surface area contributed by atoms with Gasteiger partial charge in [-0.25, -0.2) is 0 Å². The van der Waals surface area contributed by atoms with Crippen LogP contribution in [0.15, 0.2) is 30.3 Å².